The second-order valence-electron chi connectivity index (χ2n) is 6.81. The first-order valence-corrected chi connectivity index (χ1v) is 9.96. The zero-order chi connectivity index (χ0) is 20.2. The van der Waals surface area contributed by atoms with E-state index in [1.807, 2.05) is 30.3 Å². The average Bonchev–Trinajstić information content (AvgIpc) is 2.71. The molecule has 152 valence electrons. The minimum atomic E-state index is 0.0278. The molecule has 0 saturated carbocycles. The van der Waals surface area contributed by atoms with E-state index in [1.54, 1.807) is 19.2 Å². The highest BCUT2D eigenvalue weighted by Crippen LogP contribution is 2.28. The van der Waals surface area contributed by atoms with Gasteiger partial charge in [-0.15, -0.1) is 0 Å². The molecule has 2 N–H and O–H groups in total. The Labute approximate surface area is 167 Å². The molecule has 0 aliphatic heterocycles. The summed E-state index contributed by atoms with van der Waals surface area (Å²) in [6, 6.07) is 12.9. The number of phenols is 1. The maximum atomic E-state index is 12.1. The van der Waals surface area contributed by atoms with Gasteiger partial charge in [0.1, 0.15) is 5.75 Å². The third kappa shape index (κ3) is 7.51. The van der Waals surface area contributed by atoms with E-state index in [2.05, 4.69) is 12.2 Å². The lowest BCUT2D eigenvalue weighted by Crippen LogP contribution is -2.25. The maximum Gasteiger partial charge on any atom is 0.220 e. The predicted molar refractivity (Wildman–Crippen MR) is 111 cm³/mol. The molecular weight excluding hydrogens is 354 g/mol. The van der Waals surface area contributed by atoms with Crippen LogP contribution in [0.1, 0.15) is 43.7 Å². The molecule has 0 fully saturated rings. The molecule has 0 aromatic heterocycles. The number of amides is 1. The van der Waals surface area contributed by atoms with E-state index in [9.17, 15) is 9.90 Å². The fraction of sp³-hybridized carbons (Fsp3) is 0.435. The van der Waals surface area contributed by atoms with Crippen LogP contribution in [0.3, 0.4) is 0 Å². The summed E-state index contributed by atoms with van der Waals surface area (Å²) < 4.78 is 11.2. The van der Waals surface area contributed by atoms with E-state index in [-0.39, 0.29) is 11.7 Å². The number of nitrogens with one attached hydrogen (secondary N) is 1. The first kappa shape index (κ1) is 21.6. The van der Waals surface area contributed by atoms with Crippen LogP contribution in [0, 0.1) is 0 Å². The Bertz CT molecular complexity index is 728. The zero-order valence-electron chi connectivity index (χ0n) is 16.9. The summed E-state index contributed by atoms with van der Waals surface area (Å²) in [6.07, 6.45) is 5.14. The first-order valence-electron chi connectivity index (χ1n) is 9.96. The number of aryl methyl sites for hydroxylation is 1. The molecule has 0 aliphatic rings. The van der Waals surface area contributed by atoms with Gasteiger partial charge in [0, 0.05) is 13.0 Å². The normalized spacial score (nSPS) is 10.5. The number of benzene rings is 2. The number of methoxy groups -OCH3 is 1. The van der Waals surface area contributed by atoms with Crippen molar-refractivity contribution in [2.45, 2.75) is 45.4 Å². The van der Waals surface area contributed by atoms with Gasteiger partial charge in [-0.2, -0.15) is 0 Å². The van der Waals surface area contributed by atoms with E-state index in [1.165, 1.54) is 0 Å². The molecule has 28 heavy (non-hydrogen) atoms. The van der Waals surface area contributed by atoms with Crippen LogP contribution in [0.4, 0.5) is 0 Å². The van der Waals surface area contributed by atoms with Crippen molar-refractivity contribution >= 4 is 5.91 Å². The number of phenolic OH excluding ortho intramolecular Hbond substituents is 1. The molecule has 2 aromatic rings. The van der Waals surface area contributed by atoms with Crippen molar-refractivity contribution in [2.24, 2.45) is 0 Å². The quantitative estimate of drug-likeness (QED) is 0.536. The topological polar surface area (TPSA) is 67.8 Å². The number of hydrogen-bond donors (Lipinski definition) is 2. The minimum Gasteiger partial charge on any atom is -0.508 e. The Morgan fingerprint density at radius 1 is 1.00 bits per heavy atom. The molecule has 2 rings (SSSR count). The van der Waals surface area contributed by atoms with E-state index in [0.717, 1.165) is 48.3 Å². The monoisotopic (exact) mass is 385 g/mol. The first-order chi connectivity index (χ1) is 13.6. The molecule has 0 radical (unpaired) electrons. The molecule has 5 heteroatoms. The third-order valence-electron chi connectivity index (χ3n) is 4.55. The number of carbonyl (C=O) groups is 1. The minimum absolute atomic E-state index is 0.0278. The molecule has 0 aliphatic carbocycles. The molecule has 2 aromatic carbocycles. The van der Waals surface area contributed by atoms with Crippen LogP contribution in [0.2, 0.25) is 0 Å². The summed E-state index contributed by atoms with van der Waals surface area (Å²) in [4.78, 5) is 12.1. The molecule has 0 bridgehead atoms. The Hall–Kier alpha value is -2.69. The average molecular weight is 386 g/mol. The Morgan fingerprint density at radius 2 is 1.75 bits per heavy atom. The van der Waals surface area contributed by atoms with Crippen molar-refractivity contribution in [3.8, 4) is 17.2 Å². The lowest BCUT2D eigenvalue weighted by molar-refractivity contribution is -0.121. The smallest absolute Gasteiger partial charge is 0.220 e. The van der Waals surface area contributed by atoms with Crippen LogP contribution in [0.5, 0.6) is 17.2 Å². The highest BCUT2D eigenvalue weighted by Gasteiger charge is 2.08. The number of carbonyl (C=O) groups excluding carboxylic acids is 1. The van der Waals surface area contributed by atoms with Crippen molar-refractivity contribution in [3.05, 3.63) is 53.6 Å². The number of unbranched alkanes of at least 4 members (excludes halogenated alkanes) is 2. The molecule has 0 saturated heterocycles. The largest absolute Gasteiger partial charge is 0.508 e. The van der Waals surface area contributed by atoms with Gasteiger partial charge in [-0.05, 0) is 54.7 Å². The molecule has 1 amide bonds. The van der Waals surface area contributed by atoms with Crippen LogP contribution in [0.25, 0.3) is 0 Å². The highest BCUT2D eigenvalue weighted by molar-refractivity contribution is 5.76. The van der Waals surface area contributed by atoms with Crippen LogP contribution in [-0.4, -0.2) is 31.3 Å². The van der Waals surface area contributed by atoms with Gasteiger partial charge in [0.25, 0.3) is 0 Å². The summed E-state index contributed by atoms with van der Waals surface area (Å²) in [6.45, 7) is 3.42. The van der Waals surface area contributed by atoms with Crippen LogP contribution in [-0.2, 0) is 17.6 Å². The number of ether oxygens (including phenoxy) is 2. The van der Waals surface area contributed by atoms with Gasteiger partial charge in [0.2, 0.25) is 5.91 Å². The SMILES string of the molecule is CCCCCOc1cc(CCC(=O)NCCc2ccc(O)cc2)ccc1OC. The second-order valence-corrected chi connectivity index (χ2v) is 6.81. The molecule has 0 heterocycles. The summed E-state index contributed by atoms with van der Waals surface area (Å²) in [5, 5.41) is 12.2. The van der Waals surface area contributed by atoms with Gasteiger partial charge in [-0.1, -0.05) is 38.0 Å². The van der Waals surface area contributed by atoms with Gasteiger partial charge < -0.3 is 19.9 Å². The van der Waals surface area contributed by atoms with E-state index >= 15 is 0 Å². The predicted octanol–water partition coefficient (Wildman–Crippen LogP) is 4.26. The number of hydrogen-bond acceptors (Lipinski definition) is 4. The summed E-state index contributed by atoms with van der Waals surface area (Å²) in [5.74, 6) is 1.74. The van der Waals surface area contributed by atoms with Crippen molar-refractivity contribution < 1.29 is 19.4 Å². The summed E-state index contributed by atoms with van der Waals surface area (Å²) in [7, 11) is 1.63. The van der Waals surface area contributed by atoms with Crippen molar-refractivity contribution in [3.63, 3.8) is 0 Å². The zero-order valence-corrected chi connectivity index (χ0v) is 16.9. The summed E-state index contributed by atoms with van der Waals surface area (Å²) >= 11 is 0. The highest BCUT2D eigenvalue weighted by atomic mass is 16.5. The molecule has 0 unspecified atom stereocenters. The lowest BCUT2D eigenvalue weighted by atomic mass is 10.1. The van der Waals surface area contributed by atoms with E-state index < -0.39 is 0 Å². The van der Waals surface area contributed by atoms with Gasteiger partial charge in [-0.3, -0.25) is 4.79 Å². The van der Waals surface area contributed by atoms with Crippen molar-refractivity contribution in [2.75, 3.05) is 20.3 Å². The van der Waals surface area contributed by atoms with Gasteiger partial charge in [0.15, 0.2) is 11.5 Å². The maximum absolute atomic E-state index is 12.1. The third-order valence-corrected chi connectivity index (χ3v) is 4.55. The van der Waals surface area contributed by atoms with Gasteiger partial charge in [0.05, 0.1) is 13.7 Å². The standard InChI is InChI=1S/C23H31NO4/c1-3-4-5-16-28-22-17-19(8-12-21(22)27-2)9-13-23(26)24-15-14-18-6-10-20(25)11-7-18/h6-8,10-12,17,25H,3-5,9,13-16H2,1-2H3,(H,24,26). The second kappa shape index (κ2) is 11.9. The number of aromatic hydroxyl groups is 1. The van der Waals surface area contributed by atoms with E-state index in [4.69, 9.17) is 9.47 Å². The van der Waals surface area contributed by atoms with Gasteiger partial charge in [-0.25, -0.2) is 0 Å². The Morgan fingerprint density at radius 3 is 2.46 bits per heavy atom. The van der Waals surface area contributed by atoms with Crippen molar-refractivity contribution in [1.29, 1.82) is 0 Å². The fourth-order valence-electron chi connectivity index (χ4n) is 2.88. The van der Waals surface area contributed by atoms with Crippen LogP contribution >= 0.6 is 0 Å². The summed E-state index contributed by atoms with van der Waals surface area (Å²) in [5.41, 5.74) is 2.14. The Kier molecular flexibility index (Phi) is 9.19. The van der Waals surface area contributed by atoms with E-state index in [0.29, 0.717) is 26.0 Å². The van der Waals surface area contributed by atoms with Crippen LogP contribution < -0.4 is 14.8 Å². The molecule has 5 nitrogen and oxygen atoms in total. The Balaban J connectivity index is 1.77. The van der Waals surface area contributed by atoms with Crippen LogP contribution in [0.15, 0.2) is 42.5 Å². The van der Waals surface area contributed by atoms with Gasteiger partial charge >= 0.3 is 0 Å². The lowest BCUT2D eigenvalue weighted by Gasteiger charge is -2.12. The fourth-order valence-corrected chi connectivity index (χ4v) is 2.88. The number of rotatable bonds is 12. The molecule has 0 atom stereocenters. The molecular formula is C23H31NO4. The molecule has 0 spiro atoms. The van der Waals surface area contributed by atoms with Crippen molar-refractivity contribution in [1.82, 2.24) is 5.32 Å².